The van der Waals surface area contributed by atoms with E-state index in [2.05, 4.69) is 10.1 Å². The number of nitrogens with zero attached hydrogens (tertiary/aromatic N) is 3. The number of hydrogen-bond donors (Lipinski definition) is 1. The number of aromatic nitrogens is 3. The predicted octanol–water partition coefficient (Wildman–Crippen LogP) is 1.33. The Morgan fingerprint density at radius 3 is 2.76 bits per heavy atom. The number of nitrogens with two attached hydrogens (primary N) is 1. The highest BCUT2D eigenvalue weighted by atomic mass is 16.5. The Labute approximate surface area is 100 Å². The van der Waals surface area contributed by atoms with E-state index in [1.165, 1.54) is 0 Å². The van der Waals surface area contributed by atoms with E-state index < -0.39 is 0 Å². The molecule has 1 aromatic heterocycles. The first kappa shape index (κ1) is 11.4. The van der Waals surface area contributed by atoms with Gasteiger partial charge in [0.1, 0.15) is 11.6 Å². The molecule has 0 bridgehead atoms. The molecule has 0 saturated heterocycles. The van der Waals surface area contributed by atoms with Crippen LogP contribution in [0.25, 0.3) is 0 Å². The van der Waals surface area contributed by atoms with Crippen molar-refractivity contribution in [2.45, 2.75) is 13.3 Å². The van der Waals surface area contributed by atoms with Crippen LogP contribution in [-0.2, 0) is 13.5 Å². The van der Waals surface area contributed by atoms with Crippen LogP contribution in [-0.4, -0.2) is 21.4 Å². The first-order valence-corrected chi connectivity index (χ1v) is 5.50. The third-order valence-electron chi connectivity index (χ3n) is 2.53. The van der Waals surface area contributed by atoms with Crippen LogP contribution >= 0.6 is 0 Å². The van der Waals surface area contributed by atoms with Gasteiger partial charge < -0.3 is 10.5 Å². The molecule has 0 spiro atoms. The van der Waals surface area contributed by atoms with Gasteiger partial charge >= 0.3 is 0 Å². The van der Waals surface area contributed by atoms with Crippen LogP contribution < -0.4 is 10.5 Å². The molecule has 0 aliphatic carbocycles. The molecule has 2 N–H and O–H groups in total. The Hall–Kier alpha value is -2.04. The van der Waals surface area contributed by atoms with Crippen molar-refractivity contribution in [2.24, 2.45) is 7.05 Å². The standard InChI is InChI=1S/C12H16N4O/c1-9-14-12(15-16(9)2)7-8-17-11-6-4-3-5-10(11)13/h3-6H,7-8,13H2,1-2H3. The minimum atomic E-state index is 0.525. The van der Waals surface area contributed by atoms with Crippen LogP contribution in [0, 0.1) is 6.92 Å². The summed E-state index contributed by atoms with van der Waals surface area (Å²) in [6.07, 6.45) is 0.677. The molecule has 90 valence electrons. The fourth-order valence-electron chi connectivity index (χ4n) is 1.50. The quantitative estimate of drug-likeness (QED) is 0.807. The molecule has 1 heterocycles. The molecule has 0 aliphatic rings. The van der Waals surface area contributed by atoms with Crippen LogP contribution in [0.15, 0.2) is 24.3 Å². The van der Waals surface area contributed by atoms with Gasteiger partial charge in [-0.05, 0) is 19.1 Å². The van der Waals surface area contributed by atoms with Gasteiger partial charge in [0.2, 0.25) is 0 Å². The van der Waals surface area contributed by atoms with Crippen LogP contribution in [0.5, 0.6) is 5.75 Å². The lowest BCUT2D eigenvalue weighted by Gasteiger charge is -2.06. The summed E-state index contributed by atoms with van der Waals surface area (Å²) >= 11 is 0. The van der Waals surface area contributed by atoms with Gasteiger partial charge in [-0.25, -0.2) is 4.98 Å². The van der Waals surface area contributed by atoms with Crippen LogP contribution in [0.4, 0.5) is 5.69 Å². The summed E-state index contributed by atoms with van der Waals surface area (Å²) in [5.41, 5.74) is 6.42. The SMILES string of the molecule is Cc1nc(CCOc2ccccc2N)nn1C. The Morgan fingerprint density at radius 2 is 2.12 bits per heavy atom. The molecule has 0 radical (unpaired) electrons. The van der Waals surface area contributed by atoms with Crippen molar-refractivity contribution < 1.29 is 4.74 Å². The molecule has 5 heteroatoms. The van der Waals surface area contributed by atoms with E-state index in [1.807, 2.05) is 38.2 Å². The maximum Gasteiger partial charge on any atom is 0.154 e. The van der Waals surface area contributed by atoms with E-state index in [1.54, 1.807) is 4.68 Å². The summed E-state index contributed by atoms with van der Waals surface area (Å²) in [6, 6.07) is 7.45. The van der Waals surface area contributed by atoms with Gasteiger partial charge in [0, 0.05) is 13.5 Å². The molecule has 2 rings (SSSR count). The van der Waals surface area contributed by atoms with Gasteiger partial charge in [-0.2, -0.15) is 5.10 Å². The zero-order valence-corrected chi connectivity index (χ0v) is 10.1. The number of benzene rings is 1. The van der Waals surface area contributed by atoms with Crippen LogP contribution in [0.3, 0.4) is 0 Å². The summed E-state index contributed by atoms with van der Waals surface area (Å²) in [5, 5.41) is 4.26. The molecule has 0 atom stereocenters. The zero-order chi connectivity index (χ0) is 12.3. The highest BCUT2D eigenvalue weighted by molar-refractivity contribution is 5.51. The Kier molecular flexibility index (Phi) is 3.27. The smallest absolute Gasteiger partial charge is 0.154 e. The lowest BCUT2D eigenvalue weighted by molar-refractivity contribution is 0.320. The van der Waals surface area contributed by atoms with Gasteiger partial charge in [-0.3, -0.25) is 4.68 Å². The second kappa shape index (κ2) is 4.86. The summed E-state index contributed by atoms with van der Waals surface area (Å²) in [5.74, 6) is 2.40. The normalized spacial score (nSPS) is 10.5. The van der Waals surface area contributed by atoms with E-state index in [9.17, 15) is 0 Å². The van der Waals surface area contributed by atoms with Crippen molar-refractivity contribution in [3.8, 4) is 5.75 Å². The summed E-state index contributed by atoms with van der Waals surface area (Å²) < 4.78 is 7.33. The molecule has 2 aromatic rings. The highest BCUT2D eigenvalue weighted by Gasteiger charge is 2.04. The highest BCUT2D eigenvalue weighted by Crippen LogP contribution is 2.19. The van der Waals surface area contributed by atoms with Crippen LogP contribution in [0.1, 0.15) is 11.6 Å². The molecular formula is C12H16N4O. The number of anilines is 1. The maximum absolute atomic E-state index is 5.77. The van der Waals surface area contributed by atoms with E-state index in [0.29, 0.717) is 24.5 Å². The predicted molar refractivity (Wildman–Crippen MR) is 65.8 cm³/mol. The Bertz CT molecular complexity index is 487. The molecule has 0 aliphatic heterocycles. The second-order valence-electron chi connectivity index (χ2n) is 3.84. The van der Waals surface area contributed by atoms with E-state index in [0.717, 1.165) is 11.6 Å². The molecule has 1 aromatic carbocycles. The summed E-state index contributed by atoms with van der Waals surface area (Å²) in [7, 11) is 1.88. The minimum Gasteiger partial charge on any atom is -0.491 e. The largest absolute Gasteiger partial charge is 0.491 e. The molecule has 0 unspecified atom stereocenters. The van der Waals surface area contributed by atoms with Gasteiger partial charge in [0.15, 0.2) is 5.82 Å². The number of hydrogen-bond acceptors (Lipinski definition) is 4. The van der Waals surface area contributed by atoms with Crippen LogP contribution in [0.2, 0.25) is 0 Å². The lowest BCUT2D eigenvalue weighted by atomic mass is 10.3. The number of para-hydroxylation sites is 2. The van der Waals surface area contributed by atoms with Crippen molar-refractivity contribution >= 4 is 5.69 Å². The lowest BCUT2D eigenvalue weighted by Crippen LogP contribution is -2.04. The minimum absolute atomic E-state index is 0.525. The maximum atomic E-state index is 5.77. The van der Waals surface area contributed by atoms with Gasteiger partial charge in [0.05, 0.1) is 12.3 Å². The topological polar surface area (TPSA) is 66.0 Å². The molecule has 0 saturated carbocycles. The average Bonchev–Trinajstić information content (AvgIpc) is 2.61. The molecule has 0 amide bonds. The fourth-order valence-corrected chi connectivity index (χ4v) is 1.50. The fraction of sp³-hybridized carbons (Fsp3) is 0.333. The van der Waals surface area contributed by atoms with Crippen molar-refractivity contribution in [3.05, 3.63) is 35.9 Å². The average molecular weight is 232 g/mol. The zero-order valence-electron chi connectivity index (χ0n) is 10.1. The number of rotatable bonds is 4. The number of ether oxygens (including phenoxy) is 1. The molecule has 0 fully saturated rings. The van der Waals surface area contributed by atoms with Crippen molar-refractivity contribution in [1.29, 1.82) is 0 Å². The summed E-state index contributed by atoms with van der Waals surface area (Å²) in [6.45, 7) is 2.45. The van der Waals surface area contributed by atoms with Crippen molar-refractivity contribution in [2.75, 3.05) is 12.3 Å². The van der Waals surface area contributed by atoms with Crippen molar-refractivity contribution in [1.82, 2.24) is 14.8 Å². The first-order chi connectivity index (χ1) is 8.16. The van der Waals surface area contributed by atoms with E-state index in [4.69, 9.17) is 10.5 Å². The van der Waals surface area contributed by atoms with E-state index >= 15 is 0 Å². The van der Waals surface area contributed by atoms with E-state index in [-0.39, 0.29) is 0 Å². The van der Waals surface area contributed by atoms with Gasteiger partial charge in [-0.1, -0.05) is 12.1 Å². The van der Waals surface area contributed by atoms with Gasteiger partial charge in [-0.15, -0.1) is 0 Å². The second-order valence-corrected chi connectivity index (χ2v) is 3.84. The first-order valence-electron chi connectivity index (χ1n) is 5.50. The third-order valence-corrected chi connectivity index (χ3v) is 2.53. The molecule has 5 nitrogen and oxygen atoms in total. The molecular weight excluding hydrogens is 216 g/mol. The third kappa shape index (κ3) is 2.75. The number of aryl methyl sites for hydroxylation is 2. The van der Waals surface area contributed by atoms with Gasteiger partial charge in [0.25, 0.3) is 0 Å². The number of nitrogen functional groups attached to an aromatic ring is 1. The Balaban J connectivity index is 1.90. The van der Waals surface area contributed by atoms with Crippen molar-refractivity contribution in [3.63, 3.8) is 0 Å². The Morgan fingerprint density at radius 1 is 1.35 bits per heavy atom. The monoisotopic (exact) mass is 232 g/mol. The molecule has 17 heavy (non-hydrogen) atoms. The summed E-state index contributed by atoms with van der Waals surface area (Å²) in [4.78, 5) is 4.30.